The number of hydrogen-bond donors (Lipinski definition) is 3. The van der Waals surface area contributed by atoms with Crippen molar-refractivity contribution in [2.75, 3.05) is 12.5 Å². The molecule has 8 nitrogen and oxygen atoms in total. The van der Waals surface area contributed by atoms with E-state index in [0.29, 0.717) is 11.6 Å². The van der Waals surface area contributed by atoms with Crippen molar-refractivity contribution in [1.29, 1.82) is 0 Å². The van der Waals surface area contributed by atoms with Gasteiger partial charge in [-0.1, -0.05) is 18.2 Å². The van der Waals surface area contributed by atoms with Gasteiger partial charge in [0.1, 0.15) is 11.3 Å². The van der Waals surface area contributed by atoms with Crippen LogP contribution in [0.5, 0.6) is 5.75 Å². The molecule has 0 aliphatic heterocycles. The van der Waals surface area contributed by atoms with E-state index < -0.39 is 0 Å². The molecular weight excluding hydrogens is 342 g/mol. The summed E-state index contributed by atoms with van der Waals surface area (Å²) in [5.41, 5.74) is 7.15. The molecule has 3 heterocycles. The highest BCUT2D eigenvalue weighted by Crippen LogP contribution is 2.23. The van der Waals surface area contributed by atoms with Gasteiger partial charge < -0.3 is 14.7 Å². The zero-order valence-corrected chi connectivity index (χ0v) is 14.4. The second kappa shape index (κ2) is 6.10. The number of benzene rings is 2. The first-order valence-corrected chi connectivity index (χ1v) is 8.37. The number of methoxy groups -OCH3 is 1. The second-order valence-corrected chi connectivity index (χ2v) is 6.03. The molecule has 0 atom stereocenters. The first-order valence-electron chi connectivity index (χ1n) is 8.37. The highest BCUT2D eigenvalue weighted by molar-refractivity contribution is 6.03. The lowest BCUT2D eigenvalue weighted by atomic mass is 10.2. The maximum atomic E-state index is 5.28. The van der Waals surface area contributed by atoms with Gasteiger partial charge in [-0.3, -0.25) is 0 Å². The summed E-state index contributed by atoms with van der Waals surface area (Å²) in [5.74, 6) is 1.12. The fraction of sp³-hybridized carbons (Fsp3) is 0.0526. The molecule has 0 bridgehead atoms. The molecule has 3 aromatic heterocycles. The van der Waals surface area contributed by atoms with E-state index in [2.05, 4.69) is 35.7 Å². The SMILES string of the molecule is COc1ccc2[nH]cc(C=NNc3nnc4c(n3)[nH]c3ccccc34)c2c1. The number of anilines is 1. The van der Waals surface area contributed by atoms with E-state index in [9.17, 15) is 0 Å². The standard InChI is InChI=1S/C19H15N7O/c1-27-12-6-7-15-14(8-12)11(9-20-15)10-21-25-19-23-18-17(24-26-19)13-4-2-3-5-16(13)22-18/h2-10,20H,1H3,(H2,22,23,25,26). The average molecular weight is 357 g/mol. The topological polar surface area (TPSA) is 104 Å². The molecule has 0 saturated heterocycles. The molecule has 27 heavy (non-hydrogen) atoms. The number of para-hydroxylation sites is 1. The van der Waals surface area contributed by atoms with Gasteiger partial charge in [-0.25, -0.2) is 5.43 Å². The van der Waals surface area contributed by atoms with Crippen LogP contribution >= 0.6 is 0 Å². The Morgan fingerprint density at radius 2 is 2.00 bits per heavy atom. The van der Waals surface area contributed by atoms with E-state index >= 15 is 0 Å². The van der Waals surface area contributed by atoms with Crippen LogP contribution in [-0.4, -0.2) is 38.5 Å². The van der Waals surface area contributed by atoms with E-state index in [4.69, 9.17) is 4.74 Å². The molecular formula is C19H15N7O. The largest absolute Gasteiger partial charge is 0.497 e. The van der Waals surface area contributed by atoms with Crippen molar-refractivity contribution in [2.45, 2.75) is 0 Å². The summed E-state index contributed by atoms with van der Waals surface area (Å²) in [4.78, 5) is 10.9. The van der Waals surface area contributed by atoms with Gasteiger partial charge in [-0.05, 0) is 24.3 Å². The van der Waals surface area contributed by atoms with Gasteiger partial charge in [0.05, 0.1) is 13.3 Å². The molecule has 8 heteroatoms. The maximum absolute atomic E-state index is 5.28. The van der Waals surface area contributed by atoms with Crippen LogP contribution in [0.4, 0.5) is 5.95 Å². The number of nitrogens with zero attached hydrogens (tertiary/aromatic N) is 4. The highest BCUT2D eigenvalue weighted by Gasteiger charge is 2.08. The number of hydrogen-bond acceptors (Lipinski definition) is 6. The van der Waals surface area contributed by atoms with Gasteiger partial charge in [0.15, 0.2) is 5.65 Å². The average Bonchev–Trinajstić information content (AvgIpc) is 3.28. The zero-order chi connectivity index (χ0) is 18.2. The van der Waals surface area contributed by atoms with Crippen molar-refractivity contribution in [3.8, 4) is 5.75 Å². The van der Waals surface area contributed by atoms with Crippen molar-refractivity contribution in [3.05, 3.63) is 54.2 Å². The van der Waals surface area contributed by atoms with Gasteiger partial charge >= 0.3 is 0 Å². The second-order valence-electron chi connectivity index (χ2n) is 6.03. The third-order valence-corrected chi connectivity index (χ3v) is 4.41. The van der Waals surface area contributed by atoms with E-state index in [0.717, 1.165) is 38.6 Å². The molecule has 2 aromatic carbocycles. The Hall–Kier alpha value is -3.94. The van der Waals surface area contributed by atoms with Crippen LogP contribution in [0.1, 0.15) is 5.56 Å². The highest BCUT2D eigenvalue weighted by atomic mass is 16.5. The van der Waals surface area contributed by atoms with Crippen LogP contribution in [0.15, 0.2) is 53.8 Å². The van der Waals surface area contributed by atoms with Crippen LogP contribution in [-0.2, 0) is 0 Å². The number of H-pyrrole nitrogens is 2. The number of rotatable bonds is 4. The van der Waals surface area contributed by atoms with Gasteiger partial charge in [-0.15, -0.1) is 10.2 Å². The maximum Gasteiger partial charge on any atom is 0.265 e. The first-order chi connectivity index (χ1) is 13.3. The Bertz CT molecular complexity index is 1300. The van der Waals surface area contributed by atoms with Crippen LogP contribution in [0.2, 0.25) is 0 Å². The molecule has 3 N–H and O–H groups in total. The van der Waals surface area contributed by atoms with Crippen molar-refractivity contribution < 1.29 is 4.74 Å². The summed E-state index contributed by atoms with van der Waals surface area (Å²) in [6.07, 6.45) is 3.59. The monoisotopic (exact) mass is 357 g/mol. The molecule has 0 saturated carbocycles. The fourth-order valence-corrected chi connectivity index (χ4v) is 3.08. The first kappa shape index (κ1) is 15.3. The minimum absolute atomic E-state index is 0.322. The van der Waals surface area contributed by atoms with E-state index in [1.807, 2.05) is 48.7 Å². The minimum atomic E-state index is 0.322. The summed E-state index contributed by atoms with van der Waals surface area (Å²) in [5, 5.41) is 14.6. The number of ether oxygens (including phenoxy) is 1. The lowest BCUT2D eigenvalue weighted by Gasteiger charge is -1.99. The Morgan fingerprint density at radius 3 is 2.93 bits per heavy atom. The number of hydrazone groups is 1. The Morgan fingerprint density at radius 1 is 1.07 bits per heavy atom. The number of aromatic amines is 2. The van der Waals surface area contributed by atoms with Crippen LogP contribution in [0.25, 0.3) is 33.0 Å². The molecule has 132 valence electrons. The lowest BCUT2D eigenvalue weighted by Crippen LogP contribution is -1.98. The van der Waals surface area contributed by atoms with E-state index in [1.54, 1.807) is 13.3 Å². The molecule has 0 unspecified atom stereocenters. The van der Waals surface area contributed by atoms with Gasteiger partial charge in [0.2, 0.25) is 0 Å². The van der Waals surface area contributed by atoms with Gasteiger partial charge in [0, 0.05) is 33.6 Å². The summed E-state index contributed by atoms with van der Waals surface area (Å²) in [7, 11) is 1.65. The Labute approximate surface area is 153 Å². The smallest absolute Gasteiger partial charge is 0.265 e. The van der Waals surface area contributed by atoms with Crippen molar-refractivity contribution in [1.82, 2.24) is 25.1 Å². The van der Waals surface area contributed by atoms with Crippen molar-refractivity contribution in [3.63, 3.8) is 0 Å². The lowest BCUT2D eigenvalue weighted by molar-refractivity contribution is 0.415. The Kier molecular flexibility index (Phi) is 3.46. The number of aromatic nitrogens is 5. The third kappa shape index (κ3) is 2.63. The molecule has 5 rings (SSSR count). The van der Waals surface area contributed by atoms with Crippen LogP contribution < -0.4 is 10.2 Å². The summed E-state index contributed by atoms with van der Waals surface area (Å²) in [6, 6.07) is 13.7. The number of fused-ring (bicyclic) bond motifs is 4. The van der Waals surface area contributed by atoms with Crippen LogP contribution in [0.3, 0.4) is 0 Å². The molecule has 0 spiro atoms. The van der Waals surface area contributed by atoms with Crippen molar-refractivity contribution >= 4 is 45.1 Å². The van der Waals surface area contributed by atoms with Crippen molar-refractivity contribution in [2.24, 2.45) is 5.10 Å². The summed E-state index contributed by atoms with van der Waals surface area (Å²) < 4.78 is 5.28. The van der Waals surface area contributed by atoms with Crippen LogP contribution in [0, 0.1) is 0 Å². The predicted molar refractivity (Wildman–Crippen MR) is 105 cm³/mol. The molecule has 0 fully saturated rings. The molecule has 0 radical (unpaired) electrons. The summed E-state index contributed by atoms with van der Waals surface area (Å²) >= 11 is 0. The number of nitrogens with one attached hydrogen (secondary N) is 3. The summed E-state index contributed by atoms with van der Waals surface area (Å²) in [6.45, 7) is 0. The minimum Gasteiger partial charge on any atom is -0.497 e. The third-order valence-electron chi connectivity index (χ3n) is 4.41. The normalized spacial score (nSPS) is 11.7. The molecule has 0 aliphatic carbocycles. The van der Waals surface area contributed by atoms with Gasteiger partial charge in [0.25, 0.3) is 5.95 Å². The van der Waals surface area contributed by atoms with E-state index in [1.165, 1.54) is 0 Å². The predicted octanol–water partition coefficient (Wildman–Crippen LogP) is 3.44. The van der Waals surface area contributed by atoms with Gasteiger partial charge in [-0.2, -0.15) is 10.1 Å². The van der Waals surface area contributed by atoms with E-state index in [-0.39, 0.29) is 0 Å². The Balaban J connectivity index is 1.43. The molecule has 0 aliphatic rings. The quantitative estimate of drug-likeness (QED) is 0.338. The molecule has 5 aromatic rings. The fourth-order valence-electron chi connectivity index (χ4n) is 3.08. The molecule has 0 amide bonds. The zero-order valence-electron chi connectivity index (χ0n) is 14.4.